The smallest absolute Gasteiger partial charge is 0.299 e. The summed E-state index contributed by atoms with van der Waals surface area (Å²) in [5.74, 6) is -0.423. The molecule has 20 heavy (non-hydrogen) atoms. The molecule has 1 aromatic carbocycles. The van der Waals surface area contributed by atoms with Crippen molar-refractivity contribution < 1.29 is 9.59 Å². The zero-order valence-electron chi connectivity index (χ0n) is 10.4. The van der Waals surface area contributed by atoms with E-state index in [1.807, 2.05) is 6.92 Å². The van der Waals surface area contributed by atoms with Gasteiger partial charge in [0.1, 0.15) is 0 Å². The summed E-state index contributed by atoms with van der Waals surface area (Å²) in [6.45, 7) is 1.87. The van der Waals surface area contributed by atoms with Crippen LogP contribution in [0.2, 0.25) is 0 Å². The Bertz CT molecular complexity index is 658. The van der Waals surface area contributed by atoms with Crippen LogP contribution in [0.4, 0.5) is 10.5 Å². The molecule has 7 nitrogen and oxygen atoms in total. The number of nitrogens with one attached hydrogen (secondary N) is 2. The minimum absolute atomic E-state index is 0.102. The van der Waals surface area contributed by atoms with Gasteiger partial charge in [0.25, 0.3) is 11.1 Å². The van der Waals surface area contributed by atoms with Gasteiger partial charge in [-0.2, -0.15) is 5.10 Å². The van der Waals surface area contributed by atoms with Crippen molar-refractivity contribution in [1.82, 2.24) is 5.43 Å². The third-order valence-electron chi connectivity index (χ3n) is 3.19. The molecule has 1 aromatic rings. The first-order valence-electron chi connectivity index (χ1n) is 5.92. The summed E-state index contributed by atoms with van der Waals surface area (Å²) in [6.07, 6.45) is 0. The number of carbonyl (C=O) groups is 2. The summed E-state index contributed by atoms with van der Waals surface area (Å²) in [5, 5.41) is 9.18. The zero-order chi connectivity index (χ0) is 14.3. The van der Waals surface area contributed by atoms with Gasteiger partial charge in [-0.15, -0.1) is 4.91 Å². The monoisotopic (exact) mass is 290 g/mol. The Morgan fingerprint density at radius 2 is 2.15 bits per heavy atom. The third-order valence-corrected chi connectivity index (χ3v) is 4.07. The largest absolute Gasteiger partial charge is 0.323 e. The van der Waals surface area contributed by atoms with Gasteiger partial charge < -0.3 is 5.32 Å². The van der Waals surface area contributed by atoms with E-state index in [2.05, 4.69) is 21.0 Å². The van der Waals surface area contributed by atoms with Gasteiger partial charge in [0.05, 0.1) is 11.0 Å². The molecule has 2 unspecified atom stereocenters. The molecule has 0 spiro atoms. The molecule has 0 radical (unpaired) electrons. The van der Waals surface area contributed by atoms with Gasteiger partial charge >= 0.3 is 0 Å². The molecule has 102 valence electrons. The maximum absolute atomic E-state index is 11.6. The highest BCUT2D eigenvalue weighted by Crippen LogP contribution is 2.34. The van der Waals surface area contributed by atoms with Gasteiger partial charge in [0, 0.05) is 11.3 Å². The highest BCUT2D eigenvalue weighted by Gasteiger charge is 2.33. The topological polar surface area (TPSA) is 100.0 Å². The molecule has 2 atom stereocenters. The maximum Gasteiger partial charge on any atom is 0.299 e. The van der Waals surface area contributed by atoms with E-state index >= 15 is 0 Å². The summed E-state index contributed by atoms with van der Waals surface area (Å²) in [5.41, 5.74) is 4.99. The molecule has 2 heterocycles. The lowest BCUT2D eigenvalue weighted by molar-refractivity contribution is -0.116. The molecule has 2 N–H and O–H groups in total. The second kappa shape index (κ2) is 4.71. The molecular weight excluding hydrogens is 280 g/mol. The molecule has 0 saturated carbocycles. The average Bonchev–Trinajstić information content (AvgIpc) is 2.73. The maximum atomic E-state index is 11.6. The fraction of sp³-hybridized carbons (Fsp3) is 0.250. The number of nitrogens with zero attached hydrogens (tertiary/aromatic N) is 2. The number of hydrogen-bond donors (Lipinski definition) is 2. The van der Waals surface area contributed by atoms with Gasteiger partial charge in [0.15, 0.2) is 6.04 Å². The normalized spacial score (nSPS) is 24.6. The summed E-state index contributed by atoms with van der Waals surface area (Å²) < 4.78 is 0. The predicted molar refractivity (Wildman–Crippen MR) is 75.7 cm³/mol. The van der Waals surface area contributed by atoms with Crippen LogP contribution in [0.15, 0.2) is 28.5 Å². The Labute approximate surface area is 118 Å². The van der Waals surface area contributed by atoms with Crippen molar-refractivity contribution in [2.75, 3.05) is 5.32 Å². The second-order valence-electron chi connectivity index (χ2n) is 4.46. The second-order valence-corrected chi connectivity index (χ2v) is 5.77. The van der Waals surface area contributed by atoms with Crippen LogP contribution in [-0.4, -0.2) is 22.1 Å². The van der Waals surface area contributed by atoms with Gasteiger partial charge in [-0.1, -0.05) is 23.0 Å². The van der Waals surface area contributed by atoms with Crippen LogP contribution in [0.5, 0.6) is 0 Å². The van der Waals surface area contributed by atoms with E-state index in [4.69, 9.17) is 0 Å². The number of nitroso groups, excluding NO2 is 1. The van der Waals surface area contributed by atoms with E-state index in [0.29, 0.717) is 17.0 Å². The van der Waals surface area contributed by atoms with E-state index in [1.54, 1.807) is 18.2 Å². The van der Waals surface area contributed by atoms with Crippen molar-refractivity contribution in [3.63, 3.8) is 0 Å². The Morgan fingerprint density at radius 1 is 1.35 bits per heavy atom. The number of anilines is 1. The third kappa shape index (κ3) is 1.97. The Balaban J connectivity index is 2.02. The van der Waals surface area contributed by atoms with E-state index in [-0.39, 0.29) is 10.5 Å². The molecular formula is C12H10N4O3S. The molecule has 8 heteroatoms. The van der Waals surface area contributed by atoms with Crippen LogP contribution >= 0.6 is 11.8 Å². The van der Waals surface area contributed by atoms with Crippen molar-refractivity contribution in [1.29, 1.82) is 0 Å². The van der Waals surface area contributed by atoms with Crippen molar-refractivity contribution in [2.24, 2.45) is 10.3 Å². The van der Waals surface area contributed by atoms with Crippen LogP contribution < -0.4 is 10.7 Å². The van der Waals surface area contributed by atoms with E-state index in [9.17, 15) is 14.5 Å². The number of hydrazone groups is 1. The molecule has 0 fully saturated rings. The van der Waals surface area contributed by atoms with Crippen molar-refractivity contribution >= 4 is 34.3 Å². The highest BCUT2D eigenvalue weighted by molar-refractivity contribution is 8.14. The Hall–Kier alpha value is -2.22. The Kier molecular flexibility index (Phi) is 3.01. The first kappa shape index (κ1) is 12.8. The fourth-order valence-electron chi connectivity index (χ4n) is 2.25. The Morgan fingerprint density at radius 3 is 2.85 bits per heavy atom. The molecule has 2 amide bonds. The van der Waals surface area contributed by atoms with E-state index < -0.39 is 11.9 Å². The van der Waals surface area contributed by atoms with Crippen LogP contribution in [0.1, 0.15) is 24.1 Å². The molecule has 0 aromatic heterocycles. The first-order valence-corrected chi connectivity index (χ1v) is 6.80. The van der Waals surface area contributed by atoms with Crippen LogP contribution in [-0.2, 0) is 4.79 Å². The van der Waals surface area contributed by atoms with Crippen molar-refractivity contribution in [3.8, 4) is 0 Å². The number of amides is 2. The first-order chi connectivity index (χ1) is 9.60. The standard InChI is InChI=1S/C12H10N4O3S/c1-5-9(14-15-12(18)20-5)6-2-3-8-7(4-6)10(16-19)11(17)13-8/h2-5,10H,1H3,(H,13,17)(H,15,18). The van der Waals surface area contributed by atoms with E-state index in [0.717, 1.165) is 17.3 Å². The van der Waals surface area contributed by atoms with Gasteiger partial charge in [-0.05, 0) is 24.6 Å². The lowest BCUT2D eigenvalue weighted by Gasteiger charge is -2.18. The lowest BCUT2D eigenvalue weighted by atomic mass is 10.0. The molecule has 0 bridgehead atoms. The SMILES string of the molecule is CC1SC(=O)NN=C1c1ccc2c(c1)C(N=O)C(=O)N2. The fourth-order valence-corrected chi connectivity index (χ4v) is 2.97. The molecule has 3 rings (SSSR count). The lowest BCUT2D eigenvalue weighted by Crippen LogP contribution is -2.29. The minimum atomic E-state index is -1.02. The average molecular weight is 290 g/mol. The van der Waals surface area contributed by atoms with Gasteiger partial charge in [-0.25, -0.2) is 5.43 Å². The van der Waals surface area contributed by atoms with Crippen LogP contribution in [0.25, 0.3) is 0 Å². The van der Waals surface area contributed by atoms with Crippen molar-refractivity contribution in [3.05, 3.63) is 34.2 Å². The molecule has 0 aliphatic carbocycles. The van der Waals surface area contributed by atoms with Crippen molar-refractivity contribution in [2.45, 2.75) is 18.2 Å². The number of rotatable bonds is 2. The van der Waals surface area contributed by atoms with Crippen LogP contribution in [0.3, 0.4) is 0 Å². The summed E-state index contributed by atoms with van der Waals surface area (Å²) in [4.78, 5) is 33.5. The summed E-state index contributed by atoms with van der Waals surface area (Å²) >= 11 is 1.14. The van der Waals surface area contributed by atoms with Crippen LogP contribution in [0, 0.1) is 4.91 Å². The highest BCUT2D eigenvalue weighted by atomic mass is 32.2. The number of fused-ring (bicyclic) bond motifs is 1. The molecule has 2 aliphatic rings. The minimum Gasteiger partial charge on any atom is -0.323 e. The van der Waals surface area contributed by atoms with Gasteiger partial charge in [-0.3, -0.25) is 9.59 Å². The number of carbonyl (C=O) groups excluding carboxylic acids is 2. The summed E-state index contributed by atoms with van der Waals surface area (Å²) in [7, 11) is 0. The summed E-state index contributed by atoms with van der Waals surface area (Å²) in [6, 6.07) is 4.20. The molecule has 0 saturated heterocycles. The number of thioether (sulfide) groups is 1. The van der Waals surface area contributed by atoms with E-state index in [1.165, 1.54) is 0 Å². The molecule has 2 aliphatic heterocycles. The quantitative estimate of drug-likeness (QED) is 0.813. The predicted octanol–water partition coefficient (Wildman–Crippen LogP) is 2.00. The zero-order valence-corrected chi connectivity index (χ0v) is 11.2. The number of benzene rings is 1. The van der Waals surface area contributed by atoms with Gasteiger partial charge in [0.2, 0.25) is 0 Å². The number of hydrogen-bond acceptors (Lipinski definition) is 6.